The molecule has 1 aromatic carbocycles. The highest BCUT2D eigenvalue weighted by Gasteiger charge is 2.25. The van der Waals surface area contributed by atoms with Crippen molar-refractivity contribution in [2.75, 3.05) is 0 Å². The van der Waals surface area contributed by atoms with E-state index in [-0.39, 0.29) is 5.78 Å². The van der Waals surface area contributed by atoms with Gasteiger partial charge in [-0.15, -0.1) is 0 Å². The molecule has 0 N–H and O–H groups in total. The van der Waals surface area contributed by atoms with Crippen molar-refractivity contribution in [3.63, 3.8) is 0 Å². The van der Waals surface area contributed by atoms with E-state index >= 15 is 0 Å². The number of carbonyl (C=O) groups is 1. The van der Waals surface area contributed by atoms with Crippen molar-refractivity contribution in [1.82, 2.24) is 9.55 Å². The highest BCUT2D eigenvalue weighted by molar-refractivity contribution is 6.00. The fourth-order valence-corrected chi connectivity index (χ4v) is 1.96. The van der Waals surface area contributed by atoms with Crippen LogP contribution in [0.2, 0.25) is 0 Å². The Bertz CT molecular complexity index is 664. The van der Waals surface area contributed by atoms with Crippen LogP contribution in [0.5, 0.6) is 0 Å². The van der Waals surface area contributed by atoms with E-state index in [1.165, 1.54) is 0 Å². The van der Waals surface area contributed by atoms with Crippen LogP contribution in [-0.4, -0.2) is 15.3 Å². The van der Waals surface area contributed by atoms with E-state index in [0.29, 0.717) is 5.82 Å². The molecule has 2 rings (SSSR count). The molecule has 0 amide bonds. The van der Waals surface area contributed by atoms with Gasteiger partial charge in [0.15, 0.2) is 5.82 Å². The zero-order valence-electron chi connectivity index (χ0n) is 11.2. The average Bonchev–Trinajstić information content (AvgIpc) is 2.80. The Balaban J connectivity index is 2.41. The molecule has 0 spiro atoms. The summed E-state index contributed by atoms with van der Waals surface area (Å²) in [6.45, 7) is 3.97. The molecule has 4 heteroatoms. The van der Waals surface area contributed by atoms with Gasteiger partial charge in [-0.25, -0.2) is 4.98 Å². The summed E-state index contributed by atoms with van der Waals surface area (Å²) in [5.74, 6) is -0.761. The maximum absolute atomic E-state index is 12.3. The molecule has 0 saturated carbocycles. The lowest BCUT2D eigenvalue weighted by atomic mass is 9.93. The van der Waals surface area contributed by atoms with Crippen LogP contribution < -0.4 is 0 Å². The van der Waals surface area contributed by atoms with Crippen molar-refractivity contribution >= 4 is 5.78 Å². The molecule has 0 aliphatic rings. The maximum atomic E-state index is 12.3. The first-order valence-electron chi connectivity index (χ1n) is 6.03. The van der Waals surface area contributed by atoms with Gasteiger partial charge in [0, 0.05) is 19.4 Å². The van der Waals surface area contributed by atoms with Crippen LogP contribution in [0.25, 0.3) is 0 Å². The lowest BCUT2D eigenvalue weighted by Gasteiger charge is -2.10. The van der Waals surface area contributed by atoms with Crippen LogP contribution in [0, 0.1) is 25.2 Å². The second kappa shape index (κ2) is 5.07. The second-order valence-corrected chi connectivity index (χ2v) is 4.63. The van der Waals surface area contributed by atoms with Crippen molar-refractivity contribution in [3.8, 4) is 6.07 Å². The number of aryl methyl sites for hydroxylation is 3. The quantitative estimate of drug-likeness (QED) is 0.790. The Morgan fingerprint density at radius 1 is 1.37 bits per heavy atom. The lowest BCUT2D eigenvalue weighted by molar-refractivity contribution is 0.0966. The molecule has 0 bridgehead atoms. The molecule has 1 unspecified atom stereocenters. The number of aromatic nitrogens is 2. The van der Waals surface area contributed by atoms with Crippen molar-refractivity contribution in [3.05, 3.63) is 53.1 Å². The molecule has 1 atom stereocenters. The van der Waals surface area contributed by atoms with Crippen LogP contribution >= 0.6 is 0 Å². The van der Waals surface area contributed by atoms with Crippen LogP contribution in [0.15, 0.2) is 30.6 Å². The molecule has 0 saturated heterocycles. The largest absolute Gasteiger partial charge is 0.332 e. The number of Topliss-reactive ketones (excluding diaryl/α,β-unsaturated/α-hetero) is 1. The van der Waals surface area contributed by atoms with Gasteiger partial charge in [-0.1, -0.05) is 18.2 Å². The number of carbonyl (C=O) groups excluding carboxylic acids is 1. The average molecular weight is 253 g/mol. The third-order valence-corrected chi connectivity index (χ3v) is 3.30. The number of rotatable bonds is 3. The van der Waals surface area contributed by atoms with Crippen LogP contribution in [0.4, 0.5) is 0 Å². The van der Waals surface area contributed by atoms with E-state index < -0.39 is 5.92 Å². The van der Waals surface area contributed by atoms with Crippen molar-refractivity contribution < 1.29 is 4.79 Å². The van der Waals surface area contributed by atoms with E-state index in [1.54, 1.807) is 24.0 Å². The van der Waals surface area contributed by atoms with Gasteiger partial charge in [-0.05, 0) is 30.5 Å². The van der Waals surface area contributed by atoms with Gasteiger partial charge in [0.25, 0.3) is 0 Å². The molecule has 1 heterocycles. The first-order valence-corrected chi connectivity index (χ1v) is 6.03. The van der Waals surface area contributed by atoms with Gasteiger partial charge in [-0.3, -0.25) is 4.79 Å². The molecule has 0 radical (unpaired) electrons. The van der Waals surface area contributed by atoms with Gasteiger partial charge in [0.1, 0.15) is 5.92 Å². The minimum atomic E-state index is -0.805. The highest BCUT2D eigenvalue weighted by atomic mass is 16.1. The number of nitriles is 1. The first-order chi connectivity index (χ1) is 9.04. The first kappa shape index (κ1) is 13.0. The number of benzene rings is 1. The Hall–Kier alpha value is -2.41. The summed E-state index contributed by atoms with van der Waals surface area (Å²) >= 11 is 0. The van der Waals surface area contributed by atoms with Gasteiger partial charge < -0.3 is 4.57 Å². The summed E-state index contributed by atoms with van der Waals surface area (Å²) < 4.78 is 1.63. The normalized spacial score (nSPS) is 11.9. The summed E-state index contributed by atoms with van der Waals surface area (Å²) in [6, 6.07) is 7.73. The van der Waals surface area contributed by atoms with E-state index in [2.05, 4.69) is 11.1 Å². The van der Waals surface area contributed by atoms with Crippen molar-refractivity contribution in [2.24, 2.45) is 7.05 Å². The van der Waals surface area contributed by atoms with E-state index in [9.17, 15) is 10.1 Å². The molecule has 0 aliphatic carbocycles. The van der Waals surface area contributed by atoms with Crippen molar-refractivity contribution in [1.29, 1.82) is 5.26 Å². The number of nitrogens with zero attached hydrogens (tertiary/aromatic N) is 3. The molecular formula is C15H15N3O. The summed E-state index contributed by atoms with van der Waals surface area (Å²) in [5.41, 5.74) is 2.94. The van der Waals surface area contributed by atoms with Gasteiger partial charge in [-0.2, -0.15) is 5.26 Å². The summed E-state index contributed by atoms with van der Waals surface area (Å²) in [6.07, 6.45) is 3.25. The van der Waals surface area contributed by atoms with Crippen molar-refractivity contribution in [2.45, 2.75) is 19.8 Å². The molecular weight excluding hydrogens is 238 g/mol. The molecule has 19 heavy (non-hydrogen) atoms. The SMILES string of the molecule is Cc1ccc(C(C#N)C(=O)c2nccn2C)cc1C. The van der Waals surface area contributed by atoms with Crippen LogP contribution in [0.1, 0.15) is 33.2 Å². The fourth-order valence-electron chi connectivity index (χ4n) is 1.96. The van der Waals surface area contributed by atoms with Gasteiger partial charge in [0.05, 0.1) is 6.07 Å². The summed E-state index contributed by atoms with van der Waals surface area (Å²) in [4.78, 5) is 16.4. The highest BCUT2D eigenvalue weighted by Crippen LogP contribution is 2.22. The number of hydrogen-bond donors (Lipinski definition) is 0. The molecule has 0 aliphatic heterocycles. The third kappa shape index (κ3) is 2.41. The van der Waals surface area contributed by atoms with E-state index in [1.807, 2.05) is 32.0 Å². The Kier molecular flexibility index (Phi) is 3.48. The van der Waals surface area contributed by atoms with E-state index in [0.717, 1.165) is 16.7 Å². The zero-order chi connectivity index (χ0) is 14.0. The topological polar surface area (TPSA) is 58.7 Å². The third-order valence-electron chi connectivity index (χ3n) is 3.30. The Labute approximate surface area is 112 Å². The Morgan fingerprint density at radius 2 is 2.11 bits per heavy atom. The van der Waals surface area contributed by atoms with Gasteiger partial charge in [0.2, 0.25) is 5.78 Å². The maximum Gasteiger partial charge on any atom is 0.219 e. The van der Waals surface area contributed by atoms with Crippen LogP contribution in [-0.2, 0) is 7.05 Å². The van der Waals surface area contributed by atoms with Gasteiger partial charge >= 0.3 is 0 Å². The second-order valence-electron chi connectivity index (χ2n) is 4.63. The number of imidazole rings is 1. The summed E-state index contributed by atoms with van der Waals surface area (Å²) in [5, 5.41) is 9.29. The molecule has 2 aromatic rings. The predicted molar refractivity (Wildman–Crippen MR) is 71.8 cm³/mol. The standard InChI is InChI=1S/C15H15N3O/c1-10-4-5-12(8-11(10)2)13(9-16)14(19)15-17-6-7-18(15)3/h4-8,13H,1-3H3. The number of hydrogen-bond acceptors (Lipinski definition) is 3. The molecule has 1 aromatic heterocycles. The minimum absolute atomic E-state index is 0.266. The predicted octanol–water partition coefficient (Wildman–Crippen LogP) is 2.53. The van der Waals surface area contributed by atoms with Crippen LogP contribution in [0.3, 0.4) is 0 Å². The fraction of sp³-hybridized carbons (Fsp3) is 0.267. The molecule has 96 valence electrons. The molecule has 4 nitrogen and oxygen atoms in total. The Morgan fingerprint density at radius 3 is 2.63 bits per heavy atom. The zero-order valence-corrected chi connectivity index (χ0v) is 11.2. The number of ketones is 1. The smallest absolute Gasteiger partial charge is 0.219 e. The van der Waals surface area contributed by atoms with E-state index in [4.69, 9.17) is 0 Å². The lowest BCUT2D eigenvalue weighted by Crippen LogP contribution is -2.16. The minimum Gasteiger partial charge on any atom is -0.332 e. The summed E-state index contributed by atoms with van der Waals surface area (Å²) in [7, 11) is 1.75. The molecule has 0 fully saturated rings. The monoisotopic (exact) mass is 253 g/mol.